The van der Waals surface area contributed by atoms with Crippen LogP contribution < -0.4 is 5.32 Å². The summed E-state index contributed by atoms with van der Waals surface area (Å²) >= 11 is 0. The zero-order chi connectivity index (χ0) is 10.5. The smallest absolute Gasteiger partial charge is 0.223 e. The molecule has 0 unspecified atom stereocenters. The van der Waals surface area contributed by atoms with E-state index in [2.05, 4.69) is 21.4 Å². The summed E-state index contributed by atoms with van der Waals surface area (Å²) in [5.74, 6) is 0.662. The molecule has 0 radical (unpaired) electrons. The summed E-state index contributed by atoms with van der Waals surface area (Å²) in [6, 6.07) is 4.38. The van der Waals surface area contributed by atoms with Gasteiger partial charge in [-0.3, -0.25) is 0 Å². The number of nitrogens with one attached hydrogen (secondary N) is 1. The fourth-order valence-corrected chi connectivity index (χ4v) is 1.90. The summed E-state index contributed by atoms with van der Waals surface area (Å²) in [6.07, 6.45) is 7.03. The van der Waals surface area contributed by atoms with Gasteiger partial charge >= 0.3 is 0 Å². The van der Waals surface area contributed by atoms with Crippen LogP contribution in [-0.2, 0) is 6.42 Å². The van der Waals surface area contributed by atoms with Gasteiger partial charge in [-0.1, -0.05) is 12.8 Å². The van der Waals surface area contributed by atoms with Crippen molar-refractivity contribution in [1.82, 2.24) is 9.97 Å². The van der Waals surface area contributed by atoms with Gasteiger partial charge in [0.05, 0.1) is 18.2 Å². The van der Waals surface area contributed by atoms with E-state index in [4.69, 9.17) is 5.26 Å². The van der Waals surface area contributed by atoms with Crippen LogP contribution in [0.5, 0.6) is 0 Å². The number of hydrogen-bond donors (Lipinski definition) is 1. The van der Waals surface area contributed by atoms with Crippen LogP contribution >= 0.6 is 0 Å². The van der Waals surface area contributed by atoms with Gasteiger partial charge in [-0.05, 0) is 18.9 Å². The first-order valence-corrected chi connectivity index (χ1v) is 5.34. The lowest BCUT2D eigenvalue weighted by molar-refractivity contribution is 0.742. The lowest BCUT2D eigenvalue weighted by Crippen LogP contribution is -2.16. The number of aromatic nitrogens is 2. The molecule has 0 aromatic carbocycles. The van der Waals surface area contributed by atoms with Crippen molar-refractivity contribution in [3.05, 3.63) is 18.0 Å². The summed E-state index contributed by atoms with van der Waals surface area (Å²) in [4.78, 5) is 8.43. The molecule has 1 aromatic heterocycles. The summed E-state index contributed by atoms with van der Waals surface area (Å²) in [7, 11) is 0. The molecule has 0 saturated heterocycles. The minimum atomic E-state index is 0.349. The fourth-order valence-electron chi connectivity index (χ4n) is 1.90. The summed E-state index contributed by atoms with van der Waals surface area (Å²) in [5.41, 5.74) is 0.785. The summed E-state index contributed by atoms with van der Waals surface area (Å²) in [5, 5.41) is 11.9. The molecule has 0 bridgehead atoms. The van der Waals surface area contributed by atoms with Crippen LogP contribution in [0, 0.1) is 11.3 Å². The van der Waals surface area contributed by atoms with Crippen molar-refractivity contribution in [2.45, 2.75) is 38.1 Å². The third kappa shape index (κ3) is 2.66. The van der Waals surface area contributed by atoms with E-state index in [1.807, 2.05) is 0 Å². The zero-order valence-corrected chi connectivity index (χ0v) is 8.61. The molecule has 4 nitrogen and oxygen atoms in total. The van der Waals surface area contributed by atoms with Gasteiger partial charge in [0.15, 0.2) is 0 Å². The van der Waals surface area contributed by atoms with Crippen molar-refractivity contribution in [1.29, 1.82) is 5.26 Å². The van der Waals surface area contributed by atoms with Gasteiger partial charge in [-0.2, -0.15) is 5.26 Å². The second-order valence-electron chi connectivity index (χ2n) is 3.83. The zero-order valence-electron chi connectivity index (χ0n) is 8.61. The second-order valence-corrected chi connectivity index (χ2v) is 3.83. The van der Waals surface area contributed by atoms with Gasteiger partial charge in [0, 0.05) is 12.2 Å². The van der Waals surface area contributed by atoms with E-state index in [9.17, 15) is 0 Å². The lowest BCUT2D eigenvalue weighted by atomic mass is 10.2. The third-order valence-corrected chi connectivity index (χ3v) is 2.66. The predicted octanol–water partition coefficient (Wildman–Crippen LogP) is 1.90. The van der Waals surface area contributed by atoms with Crippen LogP contribution in [0.25, 0.3) is 0 Å². The molecule has 15 heavy (non-hydrogen) atoms. The molecule has 1 heterocycles. The normalized spacial score (nSPS) is 16.2. The Labute approximate surface area is 89.4 Å². The summed E-state index contributed by atoms with van der Waals surface area (Å²) < 4.78 is 0. The first-order chi connectivity index (χ1) is 7.38. The maximum atomic E-state index is 8.56. The molecule has 1 saturated carbocycles. The first-order valence-electron chi connectivity index (χ1n) is 5.34. The Balaban J connectivity index is 2.01. The Morgan fingerprint density at radius 1 is 1.47 bits per heavy atom. The Bertz CT molecular complexity index is 363. The van der Waals surface area contributed by atoms with Crippen LogP contribution in [0.2, 0.25) is 0 Å². The Hall–Kier alpha value is -1.63. The van der Waals surface area contributed by atoms with Crippen molar-refractivity contribution < 1.29 is 0 Å². The Kier molecular flexibility index (Phi) is 3.13. The number of hydrogen-bond acceptors (Lipinski definition) is 4. The van der Waals surface area contributed by atoms with Gasteiger partial charge in [0.25, 0.3) is 0 Å². The molecule has 0 aliphatic heterocycles. The monoisotopic (exact) mass is 202 g/mol. The lowest BCUT2D eigenvalue weighted by Gasteiger charge is -2.11. The Morgan fingerprint density at radius 2 is 2.27 bits per heavy atom. The van der Waals surface area contributed by atoms with E-state index in [1.54, 1.807) is 12.3 Å². The van der Waals surface area contributed by atoms with E-state index in [0.717, 1.165) is 5.69 Å². The first kappa shape index (κ1) is 9.91. The molecule has 1 aromatic rings. The fraction of sp³-hybridized carbons (Fsp3) is 0.545. The molecule has 4 heteroatoms. The van der Waals surface area contributed by atoms with E-state index < -0.39 is 0 Å². The Morgan fingerprint density at radius 3 is 3.00 bits per heavy atom. The molecule has 0 spiro atoms. The largest absolute Gasteiger partial charge is 0.351 e. The molecule has 78 valence electrons. The quantitative estimate of drug-likeness (QED) is 0.813. The number of rotatable bonds is 3. The van der Waals surface area contributed by atoms with E-state index >= 15 is 0 Å². The molecule has 1 fully saturated rings. The third-order valence-electron chi connectivity index (χ3n) is 2.66. The molecular formula is C11H14N4. The van der Waals surface area contributed by atoms with Gasteiger partial charge in [0.1, 0.15) is 0 Å². The van der Waals surface area contributed by atoms with Crippen molar-refractivity contribution in [2.24, 2.45) is 0 Å². The molecule has 0 atom stereocenters. The van der Waals surface area contributed by atoms with Gasteiger partial charge in [0.2, 0.25) is 5.95 Å². The second kappa shape index (κ2) is 4.74. The SMILES string of the molecule is N#CCc1ccnc(NC2CCCC2)n1. The van der Waals surface area contributed by atoms with Crippen LogP contribution in [0.3, 0.4) is 0 Å². The maximum absolute atomic E-state index is 8.56. The van der Waals surface area contributed by atoms with Crippen LogP contribution in [0.1, 0.15) is 31.4 Å². The minimum absolute atomic E-state index is 0.349. The number of nitrogens with zero attached hydrogens (tertiary/aromatic N) is 3. The molecule has 1 N–H and O–H groups in total. The predicted molar refractivity (Wildman–Crippen MR) is 57.2 cm³/mol. The standard InChI is InChI=1S/C11H14N4/c12-7-5-10-6-8-13-11(15-10)14-9-3-1-2-4-9/h6,8-9H,1-5H2,(H,13,14,15). The van der Waals surface area contributed by atoms with Crippen molar-refractivity contribution in [2.75, 3.05) is 5.32 Å². The van der Waals surface area contributed by atoms with E-state index in [0.29, 0.717) is 18.4 Å². The average Bonchev–Trinajstić information content (AvgIpc) is 2.71. The highest BCUT2D eigenvalue weighted by atomic mass is 15.1. The molecular weight excluding hydrogens is 188 g/mol. The summed E-state index contributed by atoms with van der Waals surface area (Å²) in [6.45, 7) is 0. The van der Waals surface area contributed by atoms with E-state index in [1.165, 1.54) is 25.7 Å². The minimum Gasteiger partial charge on any atom is -0.351 e. The highest BCUT2D eigenvalue weighted by Gasteiger charge is 2.15. The van der Waals surface area contributed by atoms with Gasteiger partial charge in [-0.15, -0.1) is 0 Å². The van der Waals surface area contributed by atoms with Crippen molar-refractivity contribution in [3.63, 3.8) is 0 Å². The number of nitriles is 1. The molecule has 0 amide bonds. The highest BCUT2D eigenvalue weighted by molar-refractivity contribution is 5.27. The maximum Gasteiger partial charge on any atom is 0.223 e. The topological polar surface area (TPSA) is 61.6 Å². The molecule has 1 aliphatic carbocycles. The average molecular weight is 202 g/mol. The molecule has 2 rings (SSSR count). The number of anilines is 1. The van der Waals surface area contributed by atoms with Crippen molar-refractivity contribution >= 4 is 5.95 Å². The van der Waals surface area contributed by atoms with E-state index in [-0.39, 0.29) is 0 Å². The van der Waals surface area contributed by atoms with Crippen molar-refractivity contribution in [3.8, 4) is 6.07 Å². The van der Waals surface area contributed by atoms with Crippen LogP contribution in [0.4, 0.5) is 5.95 Å². The van der Waals surface area contributed by atoms with Gasteiger partial charge in [-0.25, -0.2) is 9.97 Å². The highest BCUT2D eigenvalue weighted by Crippen LogP contribution is 2.20. The van der Waals surface area contributed by atoms with Crippen LogP contribution in [-0.4, -0.2) is 16.0 Å². The van der Waals surface area contributed by atoms with Gasteiger partial charge < -0.3 is 5.32 Å². The molecule has 1 aliphatic rings. The van der Waals surface area contributed by atoms with Crippen LogP contribution in [0.15, 0.2) is 12.3 Å².